The average Bonchev–Trinajstić information content (AvgIpc) is 2.26. The molecule has 0 aromatic heterocycles. The minimum absolute atomic E-state index is 0.123. The van der Waals surface area contributed by atoms with E-state index in [1.807, 2.05) is 20.8 Å². The van der Waals surface area contributed by atoms with Crippen molar-refractivity contribution >= 4 is 5.97 Å². The van der Waals surface area contributed by atoms with Crippen molar-refractivity contribution in [2.24, 2.45) is 0 Å². The van der Waals surface area contributed by atoms with Crippen LogP contribution in [0.2, 0.25) is 0 Å². The lowest BCUT2D eigenvalue weighted by atomic mass is 10.1. The zero-order valence-corrected chi connectivity index (χ0v) is 11.1. The fourth-order valence-corrected chi connectivity index (χ4v) is 1.81. The van der Waals surface area contributed by atoms with Crippen molar-refractivity contribution in [2.45, 2.75) is 39.8 Å². The Morgan fingerprint density at radius 2 is 2.11 bits per heavy atom. The first-order valence-corrected chi connectivity index (χ1v) is 6.11. The smallest absolute Gasteiger partial charge is 0.304 e. The Balaban J connectivity index is 2.73. The molecule has 0 radical (unpaired) electrons. The minimum atomic E-state index is -0.795. The minimum Gasteiger partial charge on any atom is -0.481 e. The molecule has 4 heteroatoms. The molecular formula is C14H20FNO2. The number of halogens is 1. The van der Waals surface area contributed by atoms with Gasteiger partial charge < -0.3 is 5.11 Å². The van der Waals surface area contributed by atoms with Gasteiger partial charge in [0.15, 0.2) is 0 Å². The molecule has 0 fully saturated rings. The van der Waals surface area contributed by atoms with Gasteiger partial charge in [-0.05, 0) is 44.0 Å². The van der Waals surface area contributed by atoms with Gasteiger partial charge in [0, 0.05) is 19.1 Å². The van der Waals surface area contributed by atoms with Gasteiger partial charge in [0.05, 0.1) is 6.42 Å². The third kappa shape index (κ3) is 4.45. The van der Waals surface area contributed by atoms with Crippen molar-refractivity contribution in [2.75, 3.05) is 6.54 Å². The monoisotopic (exact) mass is 253 g/mol. The van der Waals surface area contributed by atoms with Crippen LogP contribution >= 0.6 is 0 Å². The van der Waals surface area contributed by atoms with E-state index in [0.717, 1.165) is 11.1 Å². The molecule has 3 nitrogen and oxygen atoms in total. The number of carbonyl (C=O) groups is 1. The molecule has 1 aromatic rings. The van der Waals surface area contributed by atoms with E-state index >= 15 is 0 Å². The molecule has 0 aliphatic rings. The highest BCUT2D eigenvalue weighted by atomic mass is 19.1. The van der Waals surface area contributed by atoms with E-state index in [4.69, 9.17) is 5.11 Å². The average molecular weight is 253 g/mol. The summed E-state index contributed by atoms with van der Waals surface area (Å²) in [6.07, 6.45) is 0.123. The fourth-order valence-electron chi connectivity index (χ4n) is 1.81. The third-order valence-electron chi connectivity index (χ3n) is 3.02. The van der Waals surface area contributed by atoms with Gasteiger partial charge in [-0.15, -0.1) is 0 Å². The summed E-state index contributed by atoms with van der Waals surface area (Å²) in [5.74, 6) is -1.03. The van der Waals surface area contributed by atoms with Gasteiger partial charge in [0.2, 0.25) is 0 Å². The summed E-state index contributed by atoms with van der Waals surface area (Å²) in [4.78, 5) is 12.7. The van der Waals surface area contributed by atoms with Gasteiger partial charge >= 0.3 is 5.97 Å². The largest absolute Gasteiger partial charge is 0.481 e. The lowest BCUT2D eigenvalue weighted by Crippen LogP contribution is -2.32. The van der Waals surface area contributed by atoms with Crippen molar-refractivity contribution < 1.29 is 14.3 Å². The normalized spacial score (nSPS) is 11.2. The zero-order chi connectivity index (χ0) is 13.7. The number of aliphatic carboxylic acids is 1. The van der Waals surface area contributed by atoms with E-state index in [1.165, 1.54) is 12.1 Å². The number of hydrogen-bond donors (Lipinski definition) is 1. The summed E-state index contributed by atoms with van der Waals surface area (Å²) in [6.45, 7) is 7.08. The molecule has 18 heavy (non-hydrogen) atoms. The fraction of sp³-hybridized carbons (Fsp3) is 0.500. The summed E-state index contributed by atoms with van der Waals surface area (Å²) in [6, 6.07) is 4.97. The van der Waals surface area contributed by atoms with E-state index in [9.17, 15) is 9.18 Å². The van der Waals surface area contributed by atoms with Crippen molar-refractivity contribution in [1.29, 1.82) is 0 Å². The number of nitrogens with zero attached hydrogens (tertiary/aromatic N) is 1. The Morgan fingerprint density at radius 1 is 1.44 bits per heavy atom. The maximum atomic E-state index is 13.0. The molecule has 0 heterocycles. The second kappa shape index (κ2) is 6.50. The molecule has 0 saturated carbocycles. The second-order valence-corrected chi connectivity index (χ2v) is 4.78. The van der Waals surface area contributed by atoms with Crippen LogP contribution in [0.3, 0.4) is 0 Å². The maximum Gasteiger partial charge on any atom is 0.304 e. The second-order valence-electron chi connectivity index (χ2n) is 4.78. The quantitative estimate of drug-likeness (QED) is 0.847. The Hall–Kier alpha value is -1.42. The zero-order valence-electron chi connectivity index (χ0n) is 11.1. The van der Waals surface area contributed by atoms with Crippen LogP contribution in [0.1, 0.15) is 31.4 Å². The lowest BCUT2D eigenvalue weighted by Gasteiger charge is -2.26. The van der Waals surface area contributed by atoms with Crippen LogP contribution < -0.4 is 0 Å². The maximum absolute atomic E-state index is 13.0. The predicted octanol–water partition coefficient (Wildman–Crippen LogP) is 2.82. The van der Waals surface area contributed by atoms with E-state index in [2.05, 4.69) is 4.90 Å². The van der Waals surface area contributed by atoms with Gasteiger partial charge in [-0.2, -0.15) is 0 Å². The first-order chi connectivity index (χ1) is 8.40. The molecule has 100 valence electrons. The van der Waals surface area contributed by atoms with Crippen molar-refractivity contribution in [1.82, 2.24) is 4.90 Å². The van der Waals surface area contributed by atoms with Gasteiger partial charge in [0.25, 0.3) is 0 Å². The molecule has 0 atom stereocenters. The Kier molecular flexibility index (Phi) is 5.28. The standard InChI is InChI=1S/C14H20FNO2/c1-10(2)16(7-6-14(17)18)9-12-4-5-13(15)8-11(12)3/h4-5,8,10H,6-7,9H2,1-3H3,(H,17,18). The molecule has 0 aliphatic carbocycles. The van der Waals surface area contributed by atoms with E-state index in [0.29, 0.717) is 13.1 Å². The van der Waals surface area contributed by atoms with Crippen molar-refractivity contribution in [3.05, 3.63) is 35.1 Å². The number of hydrogen-bond acceptors (Lipinski definition) is 2. The number of rotatable bonds is 6. The number of benzene rings is 1. The highest BCUT2D eigenvalue weighted by molar-refractivity contribution is 5.66. The lowest BCUT2D eigenvalue weighted by molar-refractivity contribution is -0.137. The van der Waals surface area contributed by atoms with Crippen molar-refractivity contribution in [3.63, 3.8) is 0 Å². The highest BCUT2D eigenvalue weighted by Crippen LogP contribution is 2.14. The molecule has 0 unspecified atom stereocenters. The highest BCUT2D eigenvalue weighted by Gasteiger charge is 2.13. The van der Waals surface area contributed by atoms with Crippen molar-refractivity contribution in [3.8, 4) is 0 Å². The van der Waals surface area contributed by atoms with Gasteiger partial charge in [-0.25, -0.2) is 4.39 Å². The number of carboxylic acids is 1. The molecule has 1 aromatic carbocycles. The molecule has 0 aliphatic heterocycles. The molecule has 1 rings (SSSR count). The first kappa shape index (κ1) is 14.6. The van der Waals surface area contributed by atoms with Crippen LogP contribution in [-0.2, 0) is 11.3 Å². The van der Waals surface area contributed by atoms with Crippen LogP contribution in [0.15, 0.2) is 18.2 Å². The molecule has 0 spiro atoms. The van der Waals surface area contributed by atoms with Crippen LogP contribution in [0.25, 0.3) is 0 Å². The van der Waals surface area contributed by atoms with Gasteiger partial charge in [-0.1, -0.05) is 6.07 Å². The Morgan fingerprint density at radius 3 is 2.61 bits per heavy atom. The molecule has 0 saturated heterocycles. The van der Waals surface area contributed by atoms with Crippen LogP contribution in [0.5, 0.6) is 0 Å². The SMILES string of the molecule is Cc1cc(F)ccc1CN(CCC(=O)O)C(C)C. The topological polar surface area (TPSA) is 40.5 Å². The summed E-state index contributed by atoms with van der Waals surface area (Å²) in [5, 5.41) is 8.72. The van der Waals surface area contributed by atoms with Crippen LogP contribution in [0.4, 0.5) is 4.39 Å². The van der Waals surface area contributed by atoms with Crippen LogP contribution in [0, 0.1) is 12.7 Å². The summed E-state index contributed by atoms with van der Waals surface area (Å²) < 4.78 is 13.0. The molecule has 1 N–H and O–H groups in total. The Labute approximate surface area is 107 Å². The molecule has 0 bridgehead atoms. The van der Waals surface area contributed by atoms with Gasteiger partial charge in [0.1, 0.15) is 5.82 Å². The number of carboxylic acid groups (broad SMARTS) is 1. The summed E-state index contributed by atoms with van der Waals surface area (Å²) in [7, 11) is 0. The molecular weight excluding hydrogens is 233 g/mol. The molecule has 0 amide bonds. The first-order valence-electron chi connectivity index (χ1n) is 6.11. The Bertz CT molecular complexity index is 418. The van der Waals surface area contributed by atoms with Crippen LogP contribution in [-0.4, -0.2) is 28.6 Å². The number of aryl methyl sites for hydroxylation is 1. The van der Waals surface area contributed by atoms with E-state index < -0.39 is 5.97 Å². The van der Waals surface area contributed by atoms with E-state index in [1.54, 1.807) is 6.07 Å². The third-order valence-corrected chi connectivity index (χ3v) is 3.02. The van der Waals surface area contributed by atoms with E-state index in [-0.39, 0.29) is 18.3 Å². The summed E-state index contributed by atoms with van der Waals surface area (Å²) >= 11 is 0. The predicted molar refractivity (Wildman–Crippen MR) is 68.9 cm³/mol. The van der Waals surface area contributed by atoms with Gasteiger partial charge in [-0.3, -0.25) is 9.69 Å². The summed E-state index contributed by atoms with van der Waals surface area (Å²) in [5.41, 5.74) is 1.94.